The van der Waals surface area contributed by atoms with Crippen molar-refractivity contribution in [2.24, 2.45) is 0 Å². The van der Waals surface area contributed by atoms with Crippen molar-refractivity contribution in [1.29, 1.82) is 0 Å². The van der Waals surface area contributed by atoms with Gasteiger partial charge in [0.15, 0.2) is 46.0 Å². The number of halogens is 1. The summed E-state index contributed by atoms with van der Waals surface area (Å²) in [4.78, 5) is 28.3. The molecule has 2 aliphatic rings. The first-order valence-electron chi connectivity index (χ1n) is 22.7. The van der Waals surface area contributed by atoms with Crippen molar-refractivity contribution in [1.82, 2.24) is 4.90 Å². The van der Waals surface area contributed by atoms with Crippen LogP contribution in [0, 0.1) is 0 Å². The Labute approximate surface area is 410 Å². The quantitative estimate of drug-likeness (QED) is 0.0309. The number of benzene rings is 4. The number of carbonyl (C=O) groups excluding carboxylic acids is 2. The number of ether oxygens (including phenoxy) is 12. The van der Waals surface area contributed by atoms with Crippen LogP contribution in [0.4, 0.5) is 0 Å². The Morgan fingerprint density at radius 3 is 1.64 bits per heavy atom. The molecule has 2 aliphatic heterocycles. The van der Waals surface area contributed by atoms with Gasteiger partial charge in [-0.2, -0.15) is 0 Å². The van der Waals surface area contributed by atoms with Crippen LogP contribution in [0.2, 0.25) is 0 Å². The van der Waals surface area contributed by atoms with Crippen molar-refractivity contribution >= 4 is 23.5 Å². The van der Waals surface area contributed by atoms with Gasteiger partial charge in [-0.05, 0) is 89.2 Å². The summed E-state index contributed by atoms with van der Waals surface area (Å²) in [6.45, 7) is 2.94. The maximum Gasteiger partial charge on any atom is 0.350 e. The average Bonchev–Trinajstić information content (AvgIpc) is 3.37. The number of methoxy groups -OCH3 is 10. The lowest BCUT2D eigenvalue weighted by Crippen LogP contribution is -2.52. The number of rotatable bonds is 23. The van der Waals surface area contributed by atoms with E-state index in [2.05, 4.69) is 24.1 Å². The van der Waals surface area contributed by atoms with Gasteiger partial charge in [0.05, 0.1) is 110 Å². The molecule has 0 saturated heterocycles. The van der Waals surface area contributed by atoms with Gasteiger partial charge in [-0.15, -0.1) is 0 Å². The van der Waals surface area contributed by atoms with Gasteiger partial charge in [0.25, 0.3) is 0 Å². The van der Waals surface area contributed by atoms with Crippen molar-refractivity contribution in [2.45, 2.75) is 44.2 Å². The number of esters is 2. The molecule has 4 aromatic rings. The van der Waals surface area contributed by atoms with Gasteiger partial charge in [-0.25, -0.2) is 9.59 Å². The van der Waals surface area contributed by atoms with Crippen molar-refractivity contribution in [3.8, 4) is 57.5 Å². The minimum absolute atomic E-state index is 0.0241. The minimum Gasteiger partial charge on any atom is -0.493 e. The van der Waals surface area contributed by atoms with E-state index in [1.807, 2.05) is 36.4 Å². The molecule has 2 heterocycles. The highest BCUT2D eigenvalue weighted by molar-refractivity contribution is 6.42. The molecule has 0 fully saturated rings. The first kappa shape index (κ1) is 52.1. The Morgan fingerprint density at radius 1 is 0.609 bits per heavy atom. The van der Waals surface area contributed by atoms with Gasteiger partial charge in [0.2, 0.25) is 11.5 Å². The third-order valence-corrected chi connectivity index (χ3v) is 13.4. The molecule has 3 atom stereocenters. The largest absolute Gasteiger partial charge is 0.493 e. The summed E-state index contributed by atoms with van der Waals surface area (Å²) in [6.07, 6.45) is 4.18. The van der Waals surface area contributed by atoms with Gasteiger partial charge < -0.3 is 61.3 Å². The fourth-order valence-corrected chi connectivity index (χ4v) is 9.74. The van der Waals surface area contributed by atoms with E-state index in [4.69, 9.17) is 68.4 Å². The second-order valence-electron chi connectivity index (χ2n) is 16.9. The van der Waals surface area contributed by atoms with E-state index in [1.165, 1.54) is 5.56 Å². The van der Waals surface area contributed by atoms with E-state index in [9.17, 15) is 9.59 Å². The maximum absolute atomic E-state index is 13.1. The minimum atomic E-state index is -0.807. The van der Waals surface area contributed by atoms with Gasteiger partial charge in [0.1, 0.15) is 11.1 Å². The lowest BCUT2D eigenvalue weighted by molar-refractivity contribution is -0.941. The molecule has 0 radical (unpaired) electrons. The average molecular weight is 979 g/mol. The second-order valence-corrected chi connectivity index (χ2v) is 17.3. The van der Waals surface area contributed by atoms with Crippen LogP contribution in [0.3, 0.4) is 0 Å². The zero-order chi connectivity index (χ0) is 49.8. The van der Waals surface area contributed by atoms with Crippen molar-refractivity contribution in [3.63, 3.8) is 0 Å². The molecule has 0 amide bonds. The van der Waals surface area contributed by atoms with Gasteiger partial charge in [-0.1, -0.05) is 11.6 Å². The molecule has 0 bridgehead atoms. The SMILES string of the molecule is COc1cc2c(cc1OC)[C@H](c1cc(OC)c(OC)c(OC)c1)N(CCCOC(=O)/C=C(\Cl)C(=O)OCCC[N@+]1(C)CCc3cc(OC)c(OC)cc3[C@H]1Cc1cc(OC)c(OC)c(OC)c1)CC2. The van der Waals surface area contributed by atoms with E-state index in [1.54, 1.807) is 71.1 Å². The van der Waals surface area contributed by atoms with Gasteiger partial charge in [-0.3, -0.25) is 4.90 Å². The number of quaternary nitrogens is 1. The second kappa shape index (κ2) is 23.9. The van der Waals surface area contributed by atoms with Crippen LogP contribution in [0.1, 0.15) is 58.3 Å². The van der Waals surface area contributed by atoms with E-state index >= 15 is 0 Å². The first-order chi connectivity index (χ1) is 33.3. The number of likely N-dealkylation sites (N-methyl/N-ethyl adjacent to an activating group) is 1. The van der Waals surface area contributed by atoms with Crippen LogP contribution < -0.4 is 47.4 Å². The Balaban J connectivity index is 1.08. The smallest absolute Gasteiger partial charge is 0.350 e. The standard InChI is InChI=1S/C52H66ClN2O14/c1-55(19-15-34-26-41(59-3)42(60-4)29-36(34)39(55)22-32-23-44(62-6)50(66-10)45(24-32)63-7)18-13-21-69-52(57)38(53)31-48(56)68-20-12-16-54-17-14-33-25-40(58-2)43(61-5)30-37(33)49(54)35-27-46(64-8)51(67-11)47(28-35)65-9/h23-31,39,49H,12-22H2,1-11H3/q+1/b38-31-/t39-,49+,55-/m1/s1. The van der Waals surface area contributed by atoms with E-state index < -0.39 is 11.9 Å². The molecule has 17 heteroatoms. The number of hydrogen-bond donors (Lipinski definition) is 0. The summed E-state index contributed by atoms with van der Waals surface area (Å²) in [5.74, 6) is 4.23. The van der Waals surface area contributed by atoms with E-state index in [-0.39, 0.29) is 30.3 Å². The summed E-state index contributed by atoms with van der Waals surface area (Å²) >= 11 is 6.34. The Kier molecular flexibility index (Phi) is 18.0. The van der Waals surface area contributed by atoms with Crippen molar-refractivity contribution < 1.29 is 70.9 Å². The molecule has 0 unspecified atom stereocenters. The fourth-order valence-electron chi connectivity index (χ4n) is 9.60. The molecule has 4 aromatic carbocycles. The summed E-state index contributed by atoms with van der Waals surface area (Å²) in [7, 11) is 18.2. The first-order valence-corrected chi connectivity index (χ1v) is 23.1. The Hall–Kier alpha value is -6.23. The predicted molar refractivity (Wildman–Crippen MR) is 260 cm³/mol. The summed E-state index contributed by atoms with van der Waals surface area (Å²) in [5.41, 5.74) is 6.38. The Bertz CT molecular complexity index is 2430. The lowest BCUT2D eigenvalue weighted by Gasteiger charge is -2.46. The summed E-state index contributed by atoms with van der Waals surface area (Å²) in [6, 6.07) is 15.7. The number of nitrogens with zero attached hydrogens (tertiary/aromatic N) is 2. The van der Waals surface area contributed by atoms with Gasteiger partial charge in [0, 0.05) is 44.0 Å². The molecule has 69 heavy (non-hydrogen) atoms. The normalized spacial score (nSPS) is 17.7. The van der Waals surface area contributed by atoms with Crippen molar-refractivity contribution in [2.75, 3.05) is 118 Å². The molecule has 0 aromatic heterocycles. The highest BCUT2D eigenvalue weighted by Gasteiger charge is 2.40. The monoisotopic (exact) mass is 977 g/mol. The molecule has 0 spiro atoms. The zero-order valence-corrected chi connectivity index (χ0v) is 42.4. The van der Waals surface area contributed by atoms with Crippen LogP contribution in [0.5, 0.6) is 57.5 Å². The molecular formula is C52H66ClN2O14+. The summed E-state index contributed by atoms with van der Waals surface area (Å²) in [5, 5.41) is -0.368. The van der Waals surface area contributed by atoms with E-state index in [0.29, 0.717) is 101 Å². The maximum atomic E-state index is 13.1. The molecule has 374 valence electrons. The molecular weight excluding hydrogens is 912 g/mol. The highest BCUT2D eigenvalue weighted by atomic mass is 35.5. The number of hydrogen-bond acceptors (Lipinski definition) is 15. The van der Waals surface area contributed by atoms with Crippen molar-refractivity contribution in [3.05, 3.63) is 93.0 Å². The van der Waals surface area contributed by atoms with Crippen LogP contribution in [0.15, 0.2) is 59.6 Å². The zero-order valence-electron chi connectivity index (χ0n) is 41.6. The van der Waals surface area contributed by atoms with E-state index in [0.717, 1.165) is 53.3 Å². The third kappa shape index (κ3) is 11.6. The van der Waals surface area contributed by atoms with Crippen LogP contribution in [0.25, 0.3) is 0 Å². The molecule has 6 rings (SSSR count). The highest BCUT2D eigenvalue weighted by Crippen LogP contribution is 2.47. The van der Waals surface area contributed by atoms with Gasteiger partial charge >= 0.3 is 11.9 Å². The van der Waals surface area contributed by atoms with Crippen LogP contribution in [-0.2, 0) is 38.3 Å². The topological polar surface area (TPSA) is 148 Å². The predicted octanol–water partition coefficient (Wildman–Crippen LogP) is 7.70. The molecule has 0 aliphatic carbocycles. The lowest BCUT2D eigenvalue weighted by atomic mass is 9.86. The summed E-state index contributed by atoms with van der Waals surface area (Å²) < 4.78 is 68.5. The Morgan fingerprint density at radius 2 is 1.10 bits per heavy atom. The molecule has 0 saturated carbocycles. The fraction of sp³-hybridized carbons (Fsp3) is 0.462. The number of carbonyl (C=O) groups is 2. The van der Waals surface area contributed by atoms with Crippen LogP contribution >= 0.6 is 11.6 Å². The number of fused-ring (bicyclic) bond motifs is 2. The molecule has 0 N–H and O–H groups in total. The van der Waals surface area contributed by atoms with Crippen LogP contribution in [-0.4, -0.2) is 139 Å². The molecule has 16 nitrogen and oxygen atoms in total. The third-order valence-electron chi connectivity index (χ3n) is 13.1.